The van der Waals surface area contributed by atoms with Crippen LogP contribution in [0.2, 0.25) is 0 Å². The van der Waals surface area contributed by atoms with Gasteiger partial charge in [0.15, 0.2) is 0 Å². The van der Waals surface area contributed by atoms with Crippen LogP contribution >= 0.6 is 0 Å². The molecule has 0 aliphatic carbocycles. The van der Waals surface area contributed by atoms with Crippen molar-refractivity contribution in [3.8, 4) is 5.75 Å². The van der Waals surface area contributed by atoms with Gasteiger partial charge in [-0.1, -0.05) is 72.3 Å². The Morgan fingerprint density at radius 3 is 2.25 bits per heavy atom. The normalized spacial score (nSPS) is 11.7. The molecule has 0 spiro atoms. The second-order valence-electron chi connectivity index (χ2n) is 7.13. The Morgan fingerprint density at radius 1 is 0.929 bits per heavy atom. The van der Waals surface area contributed by atoms with E-state index in [1.54, 1.807) is 7.11 Å². The molecule has 0 aromatic heterocycles. The van der Waals surface area contributed by atoms with E-state index in [4.69, 9.17) is 4.74 Å². The van der Waals surface area contributed by atoms with Crippen LogP contribution in [0.15, 0.2) is 72.8 Å². The lowest BCUT2D eigenvalue weighted by molar-refractivity contribution is -0.121. The van der Waals surface area contributed by atoms with Crippen molar-refractivity contribution in [1.29, 1.82) is 0 Å². The van der Waals surface area contributed by atoms with Gasteiger partial charge in [0.1, 0.15) is 5.75 Å². The molecule has 28 heavy (non-hydrogen) atoms. The molecule has 3 rings (SSSR count). The number of methoxy groups -OCH3 is 1. The predicted molar refractivity (Wildman–Crippen MR) is 114 cm³/mol. The molecule has 0 fully saturated rings. The second-order valence-corrected chi connectivity index (χ2v) is 7.13. The summed E-state index contributed by atoms with van der Waals surface area (Å²) >= 11 is 0. The third-order valence-corrected chi connectivity index (χ3v) is 4.95. The fraction of sp³-hybridized carbons (Fsp3) is 0.240. The summed E-state index contributed by atoms with van der Waals surface area (Å²) in [4.78, 5) is 12.7. The number of carbonyl (C=O) groups is 1. The molecule has 0 unspecified atom stereocenters. The van der Waals surface area contributed by atoms with Crippen molar-refractivity contribution in [1.82, 2.24) is 5.32 Å². The minimum atomic E-state index is -0.146. The Labute approximate surface area is 167 Å². The smallest absolute Gasteiger partial charge is 0.221 e. The van der Waals surface area contributed by atoms with Crippen molar-refractivity contribution in [3.05, 3.63) is 101 Å². The lowest BCUT2D eigenvalue weighted by Crippen LogP contribution is -2.29. The largest absolute Gasteiger partial charge is 0.496 e. The molecule has 3 heteroatoms. The highest BCUT2D eigenvalue weighted by Gasteiger charge is 2.16. The lowest BCUT2D eigenvalue weighted by atomic mass is 9.97. The van der Waals surface area contributed by atoms with E-state index in [0.717, 1.165) is 28.0 Å². The number of ether oxygens (including phenoxy) is 1. The molecule has 3 nitrogen and oxygen atoms in total. The number of hydrogen-bond acceptors (Lipinski definition) is 2. The van der Waals surface area contributed by atoms with E-state index in [9.17, 15) is 4.79 Å². The van der Waals surface area contributed by atoms with Gasteiger partial charge < -0.3 is 10.1 Å². The fourth-order valence-electron chi connectivity index (χ4n) is 3.35. The minimum Gasteiger partial charge on any atom is -0.496 e. The average molecular weight is 373 g/mol. The van der Waals surface area contributed by atoms with Crippen LogP contribution in [0.5, 0.6) is 5.75 Å². The fourth-order valence-corrected chi connectivity index (χ4v) is 3.35. The van der Waals surface area contributed by atoms with Crippen LogP contribution in [-0.2, 0) is 11.2 Å². The maximum atomic E-state index is 12.7. The summed E-state index contributed by atoms with van der Waals surface area (Å²) in [5.74, 6) is 0.916. The van der Waals surface area contributed by atoms with Gasteiger partial charge in [-0.2, -0.15) is 0 Å². The number of nitrogens with one attached hydrogen (secondary N) is 1. The average Bonchev–Trinajstić information content (AvgIpc) is 2.72. The topological polar surface area (TPSA) is 38.3 Å². The molecule has 0 aliphatic rings. The molecular weight excluding hydrogens is 346 g/mol. The first kappa shape index (κ1) is 19.7. The zero-order chi connectivity index (χ0) is 19.9. The summed E-state index contributed by atoms with van der Waals surface area (Å²) in [6.45, 7) is 4.09. The molecule has 1 N–H and O–H groups in total. The van der Waals surface area contributed by atoms with Crippen LogP contribution in [0, 0.1) is 13.8 Å². The van der Waals surface area contributed by atoms with Crippen LogP contribution < -0.4 is 10.1 Å². The molecule has 0 saturated heterocycles. The van der Waals surface area contributed by atoms with Crippen molar-refractivity contribution in [3.63, 3.8) is 0 Å². The number of benzene rings is 3. The van der Waals surface area contributed by atoms with E-state index in [1.165, 1.54) is 5.56 Å². The van der Waals surface area contributed by atoms with Crippen molar-refractivity contribution < 1.29 is 9.53 Å². The summed E-state index contributed by atoms with van der Waals surface area (Å²) in [6.07, 6.45) is 1.15. The van der Waals surface area contributed by atoms with Crippen molar-refractivity contribution in [2.24, 2.45) is 0 Å². The number of amides is 1. The highest BCUT2D eigenvalue weighted by Crippen LogP contribution is 2.23. The molecule has 3 aromatic rings. The van der Waals surface area contributed by atoms with Gasteiger partial charge in [-0.3, -0.25) is 4.79 Å². The highest BCUT2D eigenvalue weighted by molar-refractivity contribution is 5.77. The SMILES string of the molecule is COc1ccc(CCC(=O)N[C@@H](c2ccccc2)c2ccc(C)cc2)cc1C. The van der Waals surface area contributed by atoms with Gasteiger partial charge in [0, 0.05) is 6.42 Å². The zero-order valence-corrected chi connectivity index (χ0v) is 16.7. The van der Waals surface area contributed by atoms with Crippen molar-refractivity contribution >= 4 is 5.91 Å². The summed E-state index contributed by atoms with van der Waals surface area (Å²) in [5.41, 5.74) is 5.60. The van der Waals surface area contributed by atoms with Gasteiger partial charge in [-0.05, 0) is 48.6 Å². The third kappa shape index (κ3) is 5.01. The maximum absolute atomic E-state index is 12.7. The molecule has 0 bridgehead atoms. The molecule has 1 amide bonds. The Bertz CT molecular complexity index is 917. The Morgan fingerprint density at radius 2 is 1.61 bits per heavy atom. The van der Waals surface area contributed by atoms with Crippen molar-refractivity contribution in [2.45, 2.75) is 32.7 Å². The summed E-state index contributed by atoms with van der Waals surface area (Å²) in [6, 6.07) is 24.3. The van der Waals surface area contributed by atoms with Gasteiger partial charge >= 0.3 is 0 Å². The summed E-state index contributed by atoms with van der Waals surface area (Å²) < 4.78 is 5.31. The first-order valence-corrected chi connectivity index (χ1v) is 9.61. The first-order chi connectivity index (χ1) is 13.6. The van der Waals surface area contributed by atoms with E-state index >= 15 is 0 Å². The molecule has 1 atom stereocenters. The Hall–Kier alpha value is -3.07. The third-order valence-electron chi connectivity index (χ3n) is 4.95. The Kier molecular flexibility index (Phi) is 6.49. The van der Waals surface area contributed by atoms with Gasteiger partial charge in [-0.15, -0.1) is 0 Å². The highest BCUT2D eigenvalue weighted by atomic mass is 16.5. The lowest BCUT2D eigenvalue weighted by Gasteiger charge is -2.20. The number of carbonyl (C=O) groups excluding carboxylic acids is 1. The molecule has 3 aromatic carbocycles. The van der Waals surface area contributed by atoms with Gasteiger partial charge in [-0.25, -0.2) is 0 Å². The van der Waals surface area contributed by atoms with Crippen LogP contribution in [0.4, 0.5) is 0 Å². The molecule has 0 saturated carbocycles. The standard InChI is InChI=1S/C25H27NO2/c1-18-9-13-22(14-10-18)25(21-7-5-4-6-8-21)26-24(27)16-12-20-11-15-23(28-3)19(2)17-20/h4-11,13-15,17,25H,12,16H2,1-3H3,(H,26,27)/t25-/m0/s1. The van der Waals surface area contributed by atoms with Crippen LogP contribution in [-0.4, -0.2) is 13.0 Å². The second kappa shape index (κ2) is 9.23. The molecular formula is C25H27NO2. The summed E-state index contributed by atoms with van der Waals surface area (Å²) in [7, 11) is 1.67. The predicted octanol–water partition coefficient (Wildman–Crippen LogP) is 5.15. The molecule has 0 aliphatic heterocycles. The van der Waals surface area contributed by atoms with E-state index < -0.39 is 0 Å². The monoisotopic (exact) mass is 373 g/mol. The van der Waals surface area contributed by atoms with E-state index in [1.807, 2.05) is 37.3 Å². The quantitative estimate of drug-likeness (QED) is 0.622. The zero-order valence-electron chi connectivity index (χ0n) is 16.7. The van der Waals surface area contributed by atoms with E-state index in [-0.39, 0.29) is 11.9 Å². The van der Waals surface area contributed by atoms with Crippen molar-refractivity contribution in [2.75, 3.05) is 7.11 Å². The maximum Gasteiger partial charge on any atom is 0.221 e. The number of aryl methyl sites for hydroxylation is 3. The number of rotatable bonds is 7. The van der Waals surface area contributed by atoms with Gasteiger partial charge in [0.2, 0.25) is 5.91 Å². The summed E-state index contributed by atoms with van der Waals surface area (Å²) in [5, 5.41) is 3.21. The van der Waals surface area contributed by atoms with Gasteiger partial charge in [0.05, 0.1) is 13.2 Å². The minimum absolute atomic E-state index is 0.0444. The van der Waals surface area contributed by atoms with E-state index in [0.29, 0.717) is 12.8 Å². The van der Waals surface area contributed by atoms with Gasteiger partial charge in [0.25, 0.3) is 0 Å². The molecule has 0 heterocycles. The van der Waals surface area contributed by atoms with Crippen LogP contribution in [0.3, 0.4) is 0 Å². The number of hydrogen-bond donors (Lipinski definition) is 1. The molecule has 144 valence electrons. The van der Waals surface area contributed by atoms with Crippen LogP contribution in [0.25, 0.3) is 0 Å². The Balaban J connectivity index is 1.71. The van der Waals surface area contributed by atoms with E-state index in [2.05, 4.69) is 54.7 Å². The first-order valence-electron chi connectivity index (χ1n) is 9.61. The molecule has 0 radical (unpaired) electrons. The van der Waals surface area contributed by atoms with Crippen LogP contribution in [0.1, 0.15) is 40.3 Å².